The van der Waals surface area contributed by atoms with Crippen LogP contribution in [0.4, 0.5) is 0 Å². The van der Waals surface area contributed by atoms with Crippen LogP contribution in [0, 0.1) is 0 Å². The zero-order valence-corrected chi connectivity index (χ0v) is 8.63. The number of para-hydroxylation sites is 1. The smallest absolute Gasteiger partial charge is 0.354 e. The molecule has 2 rings (SSSR count). The first-order chi connectivity index (χ1) is 6.08. The van der Waals surface area contributed by atoms with E-state index >= 15 is 0 Å². The Hall–Kier alpha value is -1.29. The fourth-order valence-corrected chi connectivity index (χ4v) is 2.84. The Bertz CT molecular complexity index is 362. The number of carbonyl (C=O) groups excluding carboxylic acids is 1. The second kappa shape index (κ2) is 2.60. The van der Waals surface area contributed by atoms with E-state index in [-0.39, 0.29) is 5.91 Å². The van der Waals surface area contributed by atoms with E-state index < -0.39 is 8.48 Å². The summed E-state index contributed by atoms with van der Waals surface area (Å²) in [5.41, 5.74) is 0.634. The zero-order valence-electron chi connectivity index (χ0n) is 7.63. The quantitative estimate of drug-likeness (QED) is 0.634. The Balaban J connectivity index is 2.49. The Kier molecular flexibility index (Phi) is 1.66. The summed E-state index contributed by atoms with van der Waals surface area (Å²) < 4.78 is 5.70. The molecule has 13 heavy (non-hydrogen) atoms. The molecule has 0 bridgehead atoms. The molecule has 1 aliphatic heterocycles. The van der Waals surface area contributed by atoms with Crippen molar-refractivity contribution in [1.29, 1.82) is 0 Å². The van der Waals surface area contributed by atoms with Gasteiger partial charge in [0.1, 0.15) is 5.75 Å². The summed E-state index contributed by atoms with van der Waals surface area (Å²) in [5, 5.41) is 0. The predicted molar refractivity (Wildman–Crippen MR) is 52.0 cm³/mol. The molecule has 4 heteroatoms. The van der Waals surface area contributed by atoms with Crippen LogP contribution in [-0.2, 0) is 0 Å². The lowest BCUT2D eigenvalue weighted by molar-refractivity contribution is 0.0963. The molecule has 0 saturated carbocycles. The van der Waals surface area contributed by atoms with Crippen LogP contribution in [0.5, 0.6) is 5.75 Å². The molecule has 0 radical (unpaired) electrons. The molecule has 0 spiro atoms. The third kappa shape index (κ3) is 1.44. The van der Waals surface area contributed by atoms with Gasteiger partial charge < -0.3 is 9.41 Å². The Morgan fingerprint density at radius 1 is 1.31 bits per heavy atom. The predicted octanol–water partition coefficient (Wildman–Crippen LogP) is 1.51. The largest absolute Gasteiger partial charge is 0.525 e. The second-order valence-electron chi connectivity index (χ2n) is 3.56. The molecule has 3 nitrogen and oxygen atoms in total. The van der Waals surface area contributed by atoms with E-state index in [9.17, 15) is 4.79 Å². The first-order valence-electron chi connectivity index (χ1n) is 4.19. The number of carbonyl (C=O) groups is 1. The second-order valence-corrected chi connectivity index (χ2v) is 7.04. The number of fused-ring (bicyclic) bond motifs is 1. The van der Waals surface area contributed by atoms with Gasteiger partial charge in [0, 0.05) is 0 Å². The number of rotatable bonds is 0. The van der Waals surface area contributed by atoms with Gasteiger partial charge in [-0.2, -0.15) is 0 Å². The van der Waals surface area contributed by atoms with Crippen LogP contribution in [0.15, 0.2) is 24.3 Å². The third-order valence-electron chi connectivity index (χ3n) is 1.91. The summed E-state index contributed by atoms with van der Waals surface area (Å²) in [4.78, 5) is 14.4. The van der Waals surface area contributed by atoms with E-state index in [1.165, 1.54) is 0 Å². The average molecular weight is 193 g/mol. The molecule has 0 atom stereocenters. The molecule has 68 valence electrons. The fraction of sp³-hybridized carbons (Fsp3) is 0.222. The van der Waals surface area contributed by atoms with Gasteiger partial charge in [-0.25, -0.2) is 0 Å². The van der Waals surface area contributed by atoms with Gasteiger partial charge >= 0.3 is 8.48 Å². The molecule has 1 N–H and O–H groups in total. The SMILES string of the molecule is C[Si]1(C)NC(=O)c2ccccc2O1. The maximum Gasteiger partial charge on any atom is 0.354 e. The van der Waals surface area contributed by atoms with Crippen LogP contribution in [0.25, 0.3) is 0 Å². The summed E-state index contributed by atoms with van der Waals surface area (Å²) in [6.07, 6.45) is 0. The first kappa shape index (κ1) is 8.31. The van der Waals surface area contributed by atoms with Gasteiger partial charge in [-0.05, 0) is 25.2 Å². The Labute approximate surface area is 77.9 Å². The van der Waals surface area contributed by atoms with Crippen molar-refractivity contribution in [2.24, 2.45) is 0 Å². The number of amides is 1. The fourth-order valence-electron chi connectivity index (χ4n) is 1.38. The monoisotopic (exact) mass is 193 g/mol. The van der Waals surface area contributed by atoms with Gasteiger partial charge in [0.25, 0.3) is 0 Å². The van der Waals surface area contributed by atoms with Crippen molar-refractivity contribution in [2.75, 3.05) is 0 Å². The minimum atomic E-state index is -2.00. The molecule has 1 aromatic carbocycles. The molecular weight excluding hydrogens is 182 g/mol. The van der Waals surface area contributed by atoms with Crippen LogP contribution in [-0.4, -0.2) is 14.4 Å². The highest BCUT2D eigenvalue weighted by Crippen LogP contribution is 2.24. The zero-order chi connectivity index (χ0) is 9.47. The van der Waals surface area contributed by atoms with E-state index in [1.54, 1.807) is 6.07 Å². The van der Waals surface area contributed by atoms with E-state index in [2.05, 4.69) is 4.98 Å². The molecule has 0 fully saturated rings. The van der Waals surface area contributed by atoms with Gasteiger partial charge in [-0.3, -0.25) is 4.79 Å². The van der Waals surface area contributed by atoms with Crippen molar-refractivity contribution in [1.82, 2.24) is 4.98 Å². The highest BCUT2D eigenvalue weighted by atomic mass is 28.4. The molecule has 1 aromatic rings. The van der Waals surface area contributed by atoms with E-state index in [4.69, 9.17) is 4.43 Å². The van der Waals surface area contributed by atoms with Crippen molar-refractivity contribution in [3.05, 3.63) is 29.8 Å². The summed E-state index contributed by atoms with van der Waals surface area (Å²) in [6, 6.07) is 7.32. The maximum absolute atomic E-state index is 11.5. The highest BCUT2D eigenvalue weighted by Gasteiger charge is 2.34. The maximum atomic E-state index is 11.5. The first-order valence-corrected chi connectivity index (χ1v) is 7.10. The highest BCUT2D eigenvalue weighted by molar-refractivity contribution is 6.72. The van der Waals surface area contributed by atoms with Crippen LogP contribution in [0.2, 0.25) is 13.1 Å². The summed E-state index contributed by atoms with van der Waals surface area (Å²) >= 11 is 0. The van der Waals surface area contributed by atoms with Crippen molar-refractivity contribution >= 4 is 14.4 Å². The van der Waals surface area contributed by atoms with Crippen LogP contribution in [0.3, 0.4) is 0 Å². The van der Waals surface area contributed by atoms with Crippen molar-refractivity contribution in [2.45, 2.75) is 13.1 Å². The van der Waals surface area contributed by atoms with Gasteiger partial charge in [0.15, 0.2) is 0 Å². The van der Waals surface area contributed by atoms with Gasteiger partial charge in [-0.1, -0.05) is 12.1 Å². The third-order valence-corrected chi connectivity index (χ3v) is 3.47. The lowest BCUT2D eigenvalue weighted by atomic mass is 10.2. The van der Waals surface area contributed by atoms with E-state index in [0.717, 1.165) is 0 Å². The summed E-state index contributed by atoms with van der Waals surface area (Å²) in [7, 11) is -2.00. The van der Waals surface area contributed by atoms with Gasteiger partial charge in [0.05, 0.1) is 5.56 Å². The molecule has 1 amide bonds. The lowest BCUT2D eigenvalue weighted by Crippen LogP contribution is -2.56. The number of nitrogens with one attached hydrogen (secondary N) is 1. The molecular formula is C9H11NO2Si. The Morgan fingerprint density at radius 3 is 2.77 bits per heavy atom. The lowest BCUT2D eigenvalue weighted by Gasteiger charge is -2.30. The molecule has 0 aromatic heterocycles. The minimum absolute atomic E-state index is 0.0153. The summed E-state index contributed by atoms with van der Waals surface area (Å²) in [6.45, 7) is 3.92. The van der Waals surface area contributed by atoms with Crippen LogP contribution < -0.4 is 9.41 Å². The van der Waals surface area contributed by atoms with Gasteiger partial charge in [0.2, 0.25) is 5.91 Å². The number of hydrogen-bond acceptors (Lipinski definition) is 2. The van der Waals surface area contributed by atoms with E-state index in [0.29, 0.717) is 11.3 Å². The van der Waals surface area contributed by atoms with Crippen molar-refractivity contribution in [3.63, 3.8) is 0 Å². The van der Waals surface area contributed by atoms with E-state index in [1.807, 2.05) is 31.3 Å². The molecule has 1 aliphatic rings. The van der Waals surface area contributed by atoms with Crippen molar-refractivity contribution < 1.29 is 9.22 Å². The topological polar surface area (TPSA) is 38.3 Å². The number of hydrogen-bond donors (Lipinski definition) is 1. The molecule has 0 aliphatic carbocycles. The van der Waals surface area contributed by atoms with Crippen LogP contribution >= 0.6 is 0 Å². The number of benzene rings is 1. The molecule has 1 heterocycles. The van der Waals surface area contributed by atoms with Crippen LogP contribution in [0.1, 0.15) is 10.4 Å². The Morgan fingerprint density at radius 2 is 2.00 bits per heavy atom. The molecule has 0 saturated heterocycles. The van der Waals surface area contributed by atoms with Crippen molar-refractivity contribution in [3.8, 4) is 5.75 Å². The standard InChI is InChI=1S/C9H11NO2Si/c1-13(2)10-9(11)7-5-3-4-6-8(7)12-13/h3-6H,1-2H3,(H,10,11). The summed E-state index contributed by atoms with van der Waals surface area (Å²) in [5.74, 6) is 0.696. The van der Waals surface area contributed by atoms with Gasteiger partial charge in [-0.15, -0.1) is 0 Å². The average Bonchev–Trinajstić information content (AvgIpc) is 2.02. The normalized spacial score (nSPS) is 18.5. The molecule has 0 unspecified atom stereocenters. The minimum Gasteiger partial charge on any atom is -0.525 e.